The second-order valence-corrected chi connectivity index (χ2v) is 6.22. The summed E-state index contributed by atoms with van der Waals surface area (Å²) in [7, 11) is -2.12. The van der Waals surface area contributed by atoms with E-state index in [1.165, 1.54) is 29.6 Å². The molecule has 1 aliphatic rings. The van der Waals surface area contributed by atoms with Crippen molar-refractivity contribution < 1.29 is 13.2 Å². The second-order valence-electron chi connectivity index (χ2n) is 3.88. The van der Waals surface area contributed by atoms with Crippen LogP contribution < -0.4 is 10.5 Å². The van der Waals surface area contributed by atoms with Crippen LogP contribution in [0.15, 0.2) is 23.1 Å². The number of halogens is 1. The number of ether oxygens (including phenoxy) is 1. The fraction of sp³-hybridized carbons (Fsp3) is 0.400. The predicted molar refractivity (Wildman–Crippen MR) is 64.7 cm³/mol. The summed E-state index contributed by atoms with van der Waals surface area (Å²) in [5.41, 5.74) is 5.58. The molecule has 0 unspecified atom stereocenters. The van der Waals surface area contributed by atoms with Crippen molar-refractivity contribution in [3.8, 4) is 5.75 Å². The molecule has 0 spiro atoms. The Labute approximate surface area is 105 Å². The van der Waals surface area contributed by atoms with Crippen LogP contribution in [-0.4, -0.2) is 39.0 Å². The lowest BCUT2D eigenvalue weighted by Gasteiger charge is -2.35. The molecule has 2 rings (SSSR count). The van der Waals surface area contributed by atoms with Crippen molar-refractivity contribution >= 4 is 21.6 Å². The van der Waals surface area contributed by atoms with Gasteiger partial charge in [0.1, 0.15) is 10.6 Å². The molecule has 94 valence electrons. The summed E-state index contributed by atoms with van der Waals surface area (Å²) in [6, 6.07) is 4.37. The molecule has 1 fully saturated rings. The average Bonchev–Trinajstić information content (AvgIpc) is 2.24. The standard InChI is InChI=1S/C10H13ClN2O3S/c1-16-9-4-7(11)2-3-10(9)17(14,15)13-5-8(12)6-13/h2-4,8H,5-6,12H2,1H3. The SMILES string of the molecule is COc1cc(Cl)ccc1S(=O)(=O)N1CC(N)C1. The molecule has 0 aliphatic carbocycles. The number of benzene rings is 1. The van der Waals surface area contributed by atoms with Crippen molar-refractivity contribution in [3.63, 3.8) is 0 Å². The van der Waals surface area contributed by atoms with E-state index in [0.717, 1.165) is 0 Å². The number of nitrogens with zero attached hydrogens (tertiary/aromatic N) is 1. The third-order valence-corrected chi connectivity index (χ3v) is 4.73. The summed E-state index contributed by atoms with van der Waals surface area (Å²) >= 11 is 5.79. The topological polar surface area (TPSA) is 72.6 Å². The molecule has 0 saturated carbocycles. The molecule has 17 heavy (non-hydrogen) atoms. The Morgan fingerprint density at radius 2 is 2.12 bits per heavy atom. The molecule has 0 atom stereocenters. The first kappa shape index (κ1) is 12.6. The minimum absolute atomic E-state index is 0.0805. The lowest BCUT2D eigenvalue weighted by Crippen LogP contribution is -2.57. The van der Waals surface area contributed by atoms with Crippen LogP contribution in [0.2, 0.25) is 5.02 Å². The summed E-state index contributed by atoms with van der Waals surface area (Å²) in [5, 5.41) is 0.432. The maximum Gasteiger partial charge on any atom is 0.246 e. The Kier molecular flexibility index (Phi) is 3.31. The van der Waals surface area contributed by atoms with Crippen LogP contribution >= 0.6 is 11.6 Å². The second kappa shape index (κ2) is 4.45. The number of rotatable bonds is 3. The number of methoxy groups -OCH3 is 1. The van der Waals surface area contributed by atoms with Gasteiger partial charge in [0.25, 0.3) is 0 Å². The molecule has 0 amide bonds. The molecular formula is C10H13ClN2O3S. The van der Waals surface area contributed by atoms with Gasteiger partial charge in [-0.1, -0.05) is 11.6 Å². The molecule has 5 nitrogen and oxygen atoms in total. The Morgan fingerprint density at radius 3 is 2.65 bits per heavy atom. The highest BCUT2D eigenvalue weighted by Gasteiger charge is 2.36. The zero-order valence-corrected chi connectivity index (χ0v) is 10.8. The summed E-state index contributed by atoms with van der Waals surface area (Å²) < 4.78 is 30.8. The monoisotopic (exact) mass is 276 g/mol. The number of hydrogen-bond donors (Lipinski definition) is 1. The number of sulfonamides is 1. The van der Waals surface area contributed by atoms with Crippen molar-refractivity contribution in [1.82, 2.24) is 4.31 Å². The largest absolute Gasteiger partial charge is 0.495 e. The fourth-order valence-corrected chi connectivity index (χ4v) is 3.51. The van der Waals surface area contributed by atoms with Gasteiger partial charge < -0.3 is 10.5 Å². The lowest BCUT2D eigenvalue weighted by molar-refractivity contribution is 0.264. The molecule has 1 aliphatic heterocycles. The summed E-state index contributed by atoms with van der Waals surface area (Å²) in [6.07, 6.45) is 0. The minimum atomic E-state index is -3.52. The van der Waals surface area contributed by atoms with Crippen LogP contribution in [0.4, 0.5) is 0 Å². The minimum Gasteiger partial charge on any atom is -0.495 e. The first-order chi connectivity index (χ1) is 7.95. The Morgan fingerprint density at radius 1 is 1.47 bits per heavy atom. The van der Waals surface area contributed by atoms with E-state index in [2.05, 4.69) is 0 Å². The van der Waals surface area contributed by atoms with E-state index in [1.54, 1.807) is 0 Å². The van der Waals surface area contributed by atoms with Crippen LogP contribution in [-0.2, 0) is 10.0 Å². The van der Waals surface area contributed by atoms with Crippen molar-refractivity contribution in [2.75, 3.05) is 20.2 Å². The van der Waals surface area contributed by atoms with Crippen LogP contribution in [0.1, 0.15) is 0 Å². The van der Waals surface area contributed by atoms with Gasteiger partial charge in [-0.25, -0.2) is 8.42 Å². The Bertz CT molecular complexity index is 526. The predicted octanol–water partition coefficient (Wildman–Crippen LogP) is 0.680. The van der Waals surface area contributed by atoms with E-state index in [-0.39, 0.29) is 16.7 Å². The molecule has 1 saturated heterocycles. The first-order valence-electron chi connectivity index (χ1n) is 5.04. The number of hydrogen-bond acceptors (Lipinski definition) is 4. The molecule has 2 N–H and O–H groups in total. The highest BCUT2D eigenvalue weighted by Crippen LogP contribution is 2.31. The molecule has 1 aromatic rings. The summed E-state index contributed by atoms with van der Waals surface area (Å²) in [4.78, 5) is 0.122. The van der Waals surface area contributed by atoms with Crippen molar-refractivity contribution in [2.24, 2.45) is 5.73 Å². The average molecular weight is 277 g/mol. The molecule has 1 aromatic carbocycles. The summed E-state index contributed by atoms with van der Waals surface area (Å²) in [6.45, 7) is 0.683. The van der Waals surface area contributed by atoms with E-state index < -0.39 is 10.0 Å². The van der Waals surface area contributed by atoms with Crippen molar-refractivity contribution in [3.05, 3.63) is 23.2 Å². The third kappa shape index (κ3) is 2.26. The maximum atomic E-state index is 12.2. The van der Waals surface area contributed by atoms with Crippen molar-refractivity contribution in [1.29, 1.82) is 0 Å². The van der Waals surface area contributed by atoms with E-state index in [1.807, 2.05) is 0 Å². The van der Waals surface area contributed by atoms with Gasteiger partial charge in [0, 0.05) is 30.2 Å². The van der Waals surface area contributed by atoms with E-state index >= 15 is 0 Å². The van der Waals surface area contributed by atoms with Gasteiger partial charge in [-0.3, -0.25) is 0 Å². The van der Waals surface area contributed by atoms with E-state index in [0.29, 0.717) is 18.1 Å². The smallest absolute Gasteiger partial charge is 0.246 e. The van der Waals surface area contributed by atoms with Gasteiger partial charge in [-0.15, -0.1) is 0 Å². The van der Waals surface area contributed by atoms with Gasteiger partial charge >= 0.3 is 0 Å². The van der Waals surface area contributed by atoms with Gasteiger partial charge in [0.05, 0.1) is 7.11 Å². The fourth-order valence-electron chi connectivity index (χ4n) is 1.66. The van der Waals surface area contributed by atoms with Gasteiger partial charge in [0.2, 0.25) is 10.0 Å². The van der Waals surface area contributed by atoms with Crippen LogP contribution in [0.25, 0.3) is 0 Å². The molecular weight excluding hydrogens is 264 g/mol. The third-order valence-electron chi connectivity index (χ3n) is 2.62. The molecule has 7 heteroatoms. The number of nitrogens with two attached hydrogens (primary N) is 1. The highest BCUT2D eigenvalue weighted by molar-refractivity contribution is 7.89. The quantitative estimate of drug-likeness (QED) is 0.881. The first-order valence-corrected chi connectivity index (χ1v) is 6.86. The van der Waals surface area contributed by atoms with Crippen molar-refractivity contribution in [2.45, 2.75) is 10.9 Å². The molecule has 0 radical (unpaired) electrons. The normalized spacial score (nSPS) is 17.8. The van der Waals surface area contributed by atoms with Crippen LogP contribution in [0.5, 0.6) is 5.75 Å². The van der Waals surface area contributed by atoms with Gasteiger partial charge in [-0.2, -0.15) is 4.31 Å². The maximum absolute atomic E-state index is 12.2. The molecule has 0 aromatic heterocycles. The molecule has 0 bridgehead atoms. The van der Waals surface area contributed by atoms with Gasteiger partial charge in [-0.05, 0) is 12.1 Å². The van der Waals surface area contributed by atoms with Crippen LogP contribution in [0.3, 0.4) is 0 Å². The zero-order valence-electron chi connectivity index (χ0n) is 9.26. The van der Waals surface area contributed by atoms with E-state index in [9.17, 15) is 8.42 Å². The Balaban J connectivity index is 2.39. The lowest BCUT2D eigenvalue weighted by atomic mass is 10.2. The van der Waals surface area contributed by atoms with Crippen LogP contribution in [0, 0.1) is 0 Å². The zero-order chi connectivity index (χ0) is 12.6. The van der Waals surface area contributed by atoms with Gasteiger partial charge in [0.15, 0.2) is 0 Å². The van der Waals surface area contributed by atoms with E-state index in [4.69, 9.17) is 22.1 Å². The summed E-state index contributed by atoms with van der Waals surface area (Å²) in [5.74, 6) is 0.248. The Hall–Kier alpha value is -0.820. The highest BCUT2D eigenvalue weighted by atomic mass is 35.5. The molecule has 1 heterocycles.